The Labute approximate surface area is 136 Å². The average Bonchev–Trinajstić information content (AvgIpc) is 2.56. The molecule has 23 heavy (non-hydrogen) atoms. The maximum absolute atomic E-state index is 12.7. The van der Waals surface area contributed by atoms with Gasteiger partial charge in [0.1, 0.15) is 0 Å². The third kappa shape index (κ3) is 3.49. The SMILES string of the molecule is Cc1ccc(-c2ccc(C)cc2C(=O)Nc2ccccc2)cc1. The van der Waals surface area contributed by atoms with Crippen molar-refractivity contribution < 1.29 is 4.79 Å². The predicted molar refractivity (Wildman–Crippen MR) is 95.7 cm³/mol. The molecule has 0 unspecified atom stereocenters. The van der Waals surface area contributed by atoms with Gasteiger partial charge in [0.2, 0.25) is 0 Å². The molecule has 2 heteroatoms. The average molecular weight is 301 g/mol. The molecule has 3 rings (SSSR count). The van der Waals surface area contributed by atoms with Gasteiger partial charge < -0.3 is 5.32 Å². The maximum atomic E-state index is 12.7. The van der Waals surface area contributed by atoms with Gasteiger partial charge in [-0.3, -0.25) is 4.79 Å². The first-order valence-electron chi connectivity index (χ1n) is 7.67. The number of hydrogen-bond acceptors (Lipinski definition) is 1. The molecule has 0 aliphatic heterocycles. The van der Waals surface area contributed by atoms with E-state index in [0.29, 0.717) is 5.56 Å². The maximum Gasteiger partial charge on any atom is 0.256 e. The van der Waals surface area contributed by atoms with Gasteiger partial charge >= 0.3 is 0 Å². The summed E-state index contributed by atoms with van der Waals surface area (Å²) in [5.74, 6) is -0.0875. The largest absolute Gasteiger partial charge is 0.322 e. The molecule has 0 aliphatic carbocycles. The van der Waals surface area contributed by atoms with Gasteiger partial charge in [-0.05, 0) is 43.2 Å². The second-order valence-electron chi connectivity index (χ2n) is 5.74. The van der Waals surface area contributed by atoms with Crippen molar-refractivity contribution in [2.45, 2.75) is 13.8 Å². The first kappa shape index (κ1) is 15.0. The third-order valence-electron chi connectivity index (χ3n) is 3.81. The first-order valence-corrected chi connectivity index (χ1v) is 7.67. The Balaban J connectivity index is 1.99. The van der Waals surface area contributed by atoms with E-state index in [1.54, 1.807) is 0 Å². The molecule has 1 amide bonds. The fourth-order valence-electron chi connectivity index (χ4n) is 2.55. The van der Waals surface area contributed by atoms with Crippen LogP contribution in [0.5, 0.6) is 0 Å². The molecule has 0 saturated heterocycles. The lowest BCUT2D eigenvalue weighted by Crippen LogP contribution is -2.13. The Morgan fingerprint density at radius 3 is 2.13 bits per heavy atom. The zero-order valence-corrected chi connectivity index (χ0v) is 13.3. The normalized spacial score (nSPS) is 10.3. The van der Waals surface area contributed by atoms with Crippen LogP contribution in [0, 0.1) is 13.8 Å². The molecule has 0 atom stereocenters. The summed E-state index contributed by atoms with van der Waals surface area (Å²) in [6.45, 7) is 4.06. The molecular weight excluding hydrogens is 282 g/mol. The van der Waals surface area contributed by atoms with Crippen molar-refractivity contribution >= 4 is 11.6 Å². The molecule has 114 valence electrons. The lowest BCUT2D eigenvalue weighted by molar-refractivity contribution is 0.102. The van der Waals surface area contributed by atoms with Gasteiger partial charge in [-0.25, -0.2) is 0 Å². The molecule has 3 aromatic carbocycles. The zero-order valence-electron chi connectivity index (χ0n) is 13.3. The quantitative estimate of drug-likeness (QED) is 0.705. The van der Waals surface area contributed by atoms with Crippen molar-refractivity contribution in [1.29, 1.82) is 0 Å². The monoisotopic (exact) mass is 301 g/mol. The van der Waals surface area contributed by atoms with Crippen molar-refractivity contribution in [2.75, 3.05) is 5.32 Å². The fourth-order valence-corrected chi connectivity index (χ4v) is 2.55. The van der Waals surface area contributed by atoms with Crippen LogP contribution in [0.3, 0.4) is 0 Å². The van der Waals surface area contributed by atoms with Crippen molar-refractivity contribution in [3.05, 3.63) is 89.5 Å². The molecule has 0 heterocycles. The van der Waals surface area contributed by atoms with E-state index < -0.39 is 0 Å². The van der Waals surface area contributed by atoms with Crippen LogP contribution in [0.15, 0.2) is 72.8 Å². The Morgan fingerprint density at radius 1 is 0.783 bits per heavy atom. The van der Waals surface area contributed by atoms with E-state index in [9.17, 15) is 4.79 Å². The summed E-state index contributed by atoms with van der Waals surface area (Å²) in [6.07, 6.45) is 0. The van der Waals surface area contributed by atoms with Gasteiger partial charge in [-0.1, -0.05) is 65.7 Å². The summed E-state index contributed by atoms with van der Waals surface area (Å²) in [5, 5.41) is 2.97. The van der Waals surface area contributed by atoms with E-state index in [2.05, 4.69) is 36.5 Å². The molecule has 0 spiro atoms. The predicted octanol–water partition coefficient (Wildman–Crippen LogP) is 5.22. The second kappa shape index (κ2) is 6.49. The van der Waals surface area contributed by atoms with E-state index in [1.807, 2.05) is 55.5 Å². The number of para-hydroxylation sites is 1. The summed E-state index contributed by atoms with van der Waals surface area (Å²) in [7, 11) is 0. The molecule has 0 saturated carbocycles. The number of carbonyl (C=O) groups is 1. The number of carbonyl (C=O) groups excluding carboxylic acids is 1. The summed E-state index contributed by atoms with van der Waals surface area (Å²) in [4.78, 5) is 12.7. The van der Waals surface area contributed by atoms with Crippen LogP contribution >= 0.6 is 0 Å². The Morgan fingerprint density at radius 2 is 1.43 bits per heavy atom. The number of nitrogens with one attached hydrogen (secondary N) is 1. The van der Waals surface area contributed by atoms with E-state index in [0.717, 1.165) is 22.4 Å². The van der Waals surface area contributed by atoms with Gasteiger partial charge in [0.05, 0.1) is 0 Å². The van der Waals surface area contributed by atoms with Crippen LogP contribution in [-0.4, -0.2) is 5.91 Å². The first-order chi connectivity index (χ1) is 11.1. The van der Waals surface area contributed by atoms with Crippen LogP contribution in [0.25, 0.3) is 11.1 Å². The van der Waals surface area contributed by atoms with Crippen LogP contribution in [-0.2, 0) is 0 Å². The Kier molecular flexibility index (Phi) is 4.24. The van der Waals surface area contributed by atoms with Crippen molar-refractivity contribution in [3.63, 3.8) is 0 Å². The van der Waals surface area contributed by atoms with Crippen molar-refractivity contribution in [2.24, 2.45) is 0 Å². The zero-order chi connectivity index (χ0) is 16.2. The molecule has 1 N–H and O–H groups in total. The summed E-state index contributed by atoms with van der Waals surface area (Å²) < 4.78 is 0. The van der Waals surface area contributed by atoms with Crippen LogP contribution in [0.1, 0.15) is 21.5 Å². The fraction of sp³-hybridized carbons (Fsp3) is 0.0952. The number of aryl methyl sites for hydroxylation is 2. The van der Waals surface area contributed by atoms with Gasteiger partial charge in [-0.2, -0.15) is 0 Å². The Bertz CT molecular complexity index is 820. The molecule has 0 bridgehead atoms. The summed E-state index contributed by atoms with van der Waals surface area (Å²) in [6, 6.07) is 23.8. The molecule has 0 radical (unpaired) electrons. The van der Waals surface area contributed by atoms with E-state index in [1.165, 1.54) is 5.56 Å². The van der Waals surface area contributed by atoms with Gasteiger partial charge in [-0.15, -0.1) is 0 Å². The lowest BCUT2D eigenvalue weighted by atomic mass is 9.96. The molecule has 3 aromatic rings. The summed E-state index contributed by atoms with van der Waals surface area (Å²) >= 11 is 0. The van der Waals surface area contributed by atoms with Crippen molar-refractivity contribution in [3.8, 4) is 11.1 Å². The highest BCUT2D eigenvalue weighted by Gasteiger charge is 2.13. The number of benzene rings is 3. The van der Waals surface area contributed by atoms with Gasteiger partial charge in [0.15, 0.2) is 0 Å². The smallest absolute Gasteiger partial charge is 0.256 e. The second-order valence-corrected chi connectivity index (χ2v) is 5.74. The number of rotatable bonds is 3. The van der Waals surface area contributed by atoms with E-state index in [-0.39, 0.29) is 5.91 Å². The standard InChI is InChI=1S/C21H19NO/c1-15-8-11-17(12-9-15)19-13-10-16(2)14-20(19)21(23)22-18-6-4-3-5-7-18/h3-14H,1-2H3,(H,22,23). The number of anilines is 1. The topological polar surface area (TPSA) is 29.1 Å². The van der Waals surface area contributed by atoms with Crippen LogP contribution in [0.4, 0.5) is 5.69 Å². The minimum atomic E-state index is -0.0875. The summed E-state index contributed by atoms with van der Waals surface area (Å²) in [5.41, 5.74) is 5.76. The number of hydrogen-bond donors (Lipinski definition) is 1. The van der Waals surface area contributed by atoms with Crippen LogP contribution in [0.2, 0.25) is 0 Å². The van der Waals surface area contributed by atoms with Crippen molar-refractivity contribution in [1.82, 2.24) is 0 Å². The lowest BCUT2D eigenvalue weighted by Gasteiger charge is -2.12. The molecule has 0 fully saturated rings. The van der Waals surface area contributed by atoms with E-state index in [4.69, 9.17) is 0 Å². The van der Waals surface area contributed by atoms with E-state index >= 15 is 0 Å². The number of amides is 1. The van der Waals surface area contributed by atoms with Gasteiger partial charge in [0.25, 0.3) is 5.91 Å². The third-order valence-corrected chi connectivity index (χ3v) is 3.81. The van der Waals surface area contributed by atoms with Crippen LogP contribution < -0.4 is 5.32 Å². The highest BCUT2D eigenvalue weighted by molar-refractivity contribution is 6.08. The van der Waals surface area contributed by atoms with Gasteiger partial charge in [0, 0.05) is 11.3 Å². The minimum absolute atomic E-state index is 0.0875. The highest BCUT2D eigenvalue weighted by atomic mass is 16.1. The molecule has 2 nitrogen and oxygen atoms in total. The Hall–Kier alpha value is -2.87. The highest BCUT2D eigenvalue weighted by Crippen LogP contribution is 2.26. The molecule has 0 aromatic heterocycles. The molecular formula is C21H19NO. The minimum Gasteiger partial charge on any atom is -0.322 e. The molecule has 0 aliphatic rings.